The van der Waals surface area contributed by atoms with E-state index in [2.05, 4.69) is 5.32 Å². The Morgan fingerprint density at radius 2 is 1.90 bits per heavy atom. The van der Waals surface area contributed by atoms with Crippen LogP contribution < -0.4 is 9.62 Å². The van der Waals surface area contributed by atoms with E-state index in [0.29, 0.717) is 53.8 Å². The fraction of sp³-hybridized carbons (Fsp3) is 0.276. The molecule has 0 aliphatic carbocycles. The van der Waals surface area contributed by atoms with Gasteiger partial charge in [0.15, 0.2) is 0 Å². The van der Waals surface area contributed by atoms with Gasteiger partial charge in [-0.05, 0) is 60.7 Å². The van der Waals surface area contributed by atoms with E-state index in [-0.39, 0.29) is 29.3 Å². The highest BCUT2D eigenvalue weighted by Gasteiger charge is 2.33. The number of hydrogen-bond donors (Lipinski definition) is 2. The van der Waals surface area contributed by atoms with E-state index < -0.39 is 33.3 Å². The topological polar surface area (TPSA) is 103 Å². The highest BCUT2D eigenvalue weighted by molar-refractivity contribution is 7.95. The molecular formula is C29H29F2N3O5S2. The van der Waals surface area contributed by atoms with Gasteiger partial charge in [-0.15, -0.1) is 0 Å². The van der Waals surface area contributed by atoms with Gasteiger partial charge < -0.3 is 14.3 Å². The molecule has 0 saturated carbocycles. The van der Waals surface area contributed by atoms with Crippen molar-refractivity contribution in [2.45, 2.75) is 24.5 Å². The number of carbonyl (C=O) groups is 1. The number of halogens is 2. The lowest BCUT2D eigenvalue weighted by Gasteiger charge is -2.34. The Morgan fingerprint density at radius 1 is 1.17 bits per heavy atom. The number of nitrogens with one attached hydrogen (secondary N) is 1. The minimum Gasteiger partial charge on any atom is -0.455 e. The van der Waals surface area contributed by atoms with Crippen LogP contribution >= 0.6 is 12.2 Å². The van der Waals surface area contributed by atoms with Gasteiger partial charge in [-0.1, -0.05) is 18.2 Å². The number of sulfonamides is 1. The van der Waals surface area contributed by atoms with Crippen LogP contribution in [0.3, 0.4) is 0 Å². The molecule has 1 aliphatic rings. The average molecular weight is 602 g/mol. The maximum atomic E-state index is 14.3. The standard InChI is InChI=1S/C29H29F2N3O5S2/c1-32-29(35)27-23-14-22(19-7-5-13-34(16-19)41(37,38)17-20-6-3-4-8-24(20)31)25(33(2)40-36)15-26(23)39-28(27)18-9-11-21(30)12-10-18/h3-4,6,8-12,14-15,19,36H,5,7,13,16-17H2,1-2H3,(H,32,35)/t19-/m0/s1. The van der Waals surface area contributed by atoms with Gasteiger partial charge in [0.2, 0.25) is 10.0 Å². The number of amides is 1. The molecule has 0 unspecified atom stereocenters. The van der Waals surface area contributed by atoms with Crippen molar-refractivity contribution in [1.82, 2.24) is 9.62 Å². The average Bonchev–Trinajstić information content (AvgIpc) is 3.35. The monoisotopic (exact) mass is 601 g/mol. The maximum absolute atomic E-state index is 14.3. The number of rotatable bonds is 8. The van der Waals surface area contributed by atoms with E-state index in [4.69, 9.17) is 4.42 Å². The van der Waals surface area contributed by atoms with Gasteiger partial charge in [-0.25, -0.2) is 21.5 Å². The van der Waals surface area contributed by atoms with E-state index >= 15 is 0 Å². The van der Waals surface area contributed by atoms with Gasteiger partial charge in [0.25, 0.3) is 5.91 Å². The molecular weight excluding hydrogens is 572 g/mol. The number of carbonyl (C=O) groups excluding carboxylic acids is 1. The molecule has 0 bridgehead atoms. The summed E-state index contributed by atoms with van der Waals surface area (Å²) in [6.07, 6.45) is 1.23. The van der Waals surface area contributed by atoms with E-state index in [0.717, 1.165) is 5.56 Å². The van der Waals surface area contributed by atoms with E-state index in [9.17, 15) is 26.5 Å². The second-order valence-electron chi connectivity index (χ2n) is 9.92. The minimum absolute atomic E-state index is 0.107. The molecule has 2 heterocycles. The SMILES string of the molecule is CNC(=O)c1c(-c2ccc(F)cc2)oc2cc(N(C)SO)c([C@H]3CCCN(S(=O)(=O)Cc4ccccc4F)C3)cc12. The van der Waals surface area contributed by atoms with Crippen molar-refractivity contribution in [3.8, 4) is 11.3 Å². The van der Waals surface area contributed by atoms with Gasteiger partial charge >= 0.3 is 0 Å². The number of nitrogens with zero attached hydrogens (tertiary/aromatic N) is 2. The fourth-order valence-electron chi connectivity index (χ4n) is 5.30. The molecule has 12 heteroatoms. The summed E-state index contributed by atoms with van der Waals surface area (Å²) in [4.78, 5) is 13.1. The zero-order valence-corrected chi connectivity index (χ0v) is 24.1. The van der Waals surface area contributed by atoms with Gasteiger partial charge in [0, 0.05) is 49.8 Å². The molecule has 1 atom stereocenters. The number of fused-ring (bicyclic) bond motifs is 1. The van der Waals surface area contributed by atoms with Crippen LogP contribution in [0.2, 0.25) is 0 Å². The summed E-state index contributed by atoms with van der Waals surface area (Å²) in [6, 6.07) is 14.9. The number of benzene rings is 3. The predicted octanol–water partition coefficient (Wildman–Crippen LogP) is 6.00. The molecule has 1 saturated heterocycles. The highest BCUT2D eigenvalue weighted by atomic mass is 32.2. The highest BCUT2D eigenvalue weighted by Crippen LogP contribution is 2.42. The Morgan fingerprint density at radius 3 is 2.59 bits per heavy atom. The first-order chi connectivity index (χ1) is 19.6. The first-order valence-corrected chi connectivity index (χ1v) is 15.3. The molecule has 5 rings (SSSR count). The molecule has 0 radical (unpaired) electrons. The Kier molecular flexibility index (Phi) is 8.37. The largest absolute Gasteiger partial charge is 0.455 e. The van der Waals surface area contributed by atoms with Crippen LogP contribution in [0, 0.1) is 11.6 Å². The zero-order chi connectivity index (χ0) is 29.3. The van der Waals surface area contributed by atoms with Crippen molar-refractivity contribution in [3.05, 3.63) is 89.0 Å². The molecule has 41 heavy (non-hydrogen) atoms. The Hall–Kier alpha value is -3.45. The number of furan rings is 1. The van der Waals surface area contributed by atoms with Gasteiger partial charge in [-0.2, -0.15) is 0 Å². The normalized spacial score (nSPS) is 16.2. The summed E-state index contributed by atoms with van der Waals surface area (Å²) >= 11 is 0.491. The van der Waals surface area contributed by atoms with Crippen LogP contribution in [0.4, 0.5) is 14.5 Å². The van der Waals surface area contributed by atoms with Crippen molar-refractivity contribution in [1.29, 1.82) is 0 Å². The minimum atomic E-state index is -3.83. The van der Waals surface area contributed by atoms with Crippen LogP contribution in [0.15, 0.2) is 65.1 Å². The van der Waals surface area contributed by atoms with Gasteiger partial charge in [-0.3, -0.25) is 9.10 Å². The number of anilines is 1. The molecule has 4 aromatic rings. The first-order valence-electron chi connectivity index (χ1n) is 13.0. The summed E-state index contributed by atoms with van der Waals surface area (Å²) in [5.41, 5.74) is 2.57. The van der Waals surface area contributed by atoms with Crippen molar-refractivity contribution < 1.29 is 31.0 Å². The van der Waals surface area contributed by atoms with Crippen LogP contribution in [-0.4, -0.2) is 50.4 Å². The predicted molar refractivity (Wildman–Crippen MR) is 156 cm³/mol. The summed E-state index contributed by atoms with van der Waals surface area (Å²) in [7, 11) is -0.669. The summed E-state index contributed by atoms with van der Waals surface area (Å²) in [5, 5.41) is 3.14. The molecule has 2 N–H and O–H groups in total. The van der Waals surface area contributed by atoms with Crippen molar-refractivity contribution in [2.24, 2.45) is 0 Å². The van der Waals surface area contributed by atoms with E-state index in [1.165, 1.54) is 58.1 Å². The van der Waals surface area contributed by atoms with Gasteiger partial charge in [0.05, 0.1) is 17.0 Å². The summed E-state index contributed by atoms with van der Waals surface area (Å²) < 4.78 is 73.5. The van der Waals surface area contributed by atoms with E-state index in [1.54, 1.807) is 25.2 Å². The van der Waals surface area contributed by atoms with E-state index in [1.807, 2.05) is 0 Å². The van der Waals surface area contributed by atoms with Crippen LogP contribution in [0.5, 0.6) is 0 Å². The zero-order valence-electron chi connectivity index (χ0n) is 22.4. The molecule has 216 valence electrons. The molecule has 3 aromatic carbocycles. The number of hydrogen-bond acceptors (Lipinski definition) is 7. The lowest BCUT2D eigenvalue weighted by atomic mass is 9.89. The smallest absolute Gasteiger partial charge is 0.255 e. The Balaban J connectivity index is 1.59. The third-order valence-electron chi connectivity index (χ3n) is 7.37. The lowest BCUT2D eigenvalue weighted by Crippen LogP contribution is -2.40. The third-order valence-corrected chi connectivity index (χ3v) is 9.61. The molecule has 1 aliphatic heterocycles. The third kappa shape index (κ3) is 5.82. The van der Waals surface area contributed by atoms with Crippen LogP contribution in [0.1, 0.15) is 40.2 Å². The quantitative estimate of drug-likeness (QED) is 0.189. The molecule has 1 aromatic heterocycles. The van der Waals surface area contributed by atoms with Crippen molar-refractivity contribution in [2.75, 3.05) is 31.5 Å². The van der Waals surface area contributed by atoms with Gasteiger partial charge in [0.1, 0.15) is 35.2 Å². The van der Waals surface area contributed by atoms with Crippen molar-refractivity contribution >= 4 is 44.8 Å². The maximum Gasteiger partial charge on any atom is 0.255 e. The molecule has 1 fully saturated rings. The Labute approximate surface area is 241 Å². The second kappa shape index (κ2) is 11.8. The molecule has 8 nitrogen and oxygen atoms in total. The molecule has 0 spiro atoms. The second-order valence-corrected chi connectivity index (χ2v) is 12.6. The molecule has 1 amide bonds. The number of piperidine rings is 1. The van der Waals surface area contributed by atoms with Crippen molar-refractivity contribution in [3.63, 3.8) is 0 Å². The van der Waals surface area contributed by atoms with Crippen LogP contribution in [-0.2, 0) is 15.8 Å². The van der Waals surface area contributed by atoms with Crippen LogP contribution in [0.25, 0.3) is 22.3 Å². The lowest BCUT2D eigenvalue weighted by molar-refractivity contribution is 0.0964. The Bertz CT molecular complexity index is 1690. The first kappa shape index (κ1) is 29.1. The summed E-state index contributed by atoms with van der Waals surface area (Å²) in [6.45, 7) is 0.455. The fourth-order valence-corrected chi connectivity index (χ4v) is 7.17. The summed E-state index contributed by atoms with van der Waals surface area (Å²) in [5.74, 6) is -1.87.